The Kier molecular flexibility index (Phi) is 5.17. The molecule has 1 unspecified atom stereocenters. The molecule has 0 saturated heterocycles. The van der Waals surface area contributed by atoms with Crippen LogP contribution in [-0.2, 0) is 0 Å². The molecule has 0 aromatic heterocycles. The van der Waals surface area contributed by atoms with E-state index >= 15 is 0 Å². The topological polar surface area (TPSA) is 0 Å². The van der Waals surface area contributed by atoms with Gasteiger partial charge in [0.1, 0.15) is 0 Å². The fraction of sp³-hybridized carbons (Fsp3) is 0.467. The number of allylic oxidation sites excluding steroid dienone is 1. The molecule has 0 saturated carbocycles. The molecule has 0 spiro atoms. The van der Waals surface area contributed by atoms with E-state index in [1.807, 2.05) is 0 Å². The van der Waals surface area contributed by atoms with Gasteiger partial charge in [0.05, 0.1) is 0 Å². The maximum Gasteiger partial charge on any atom is -0.0257 e. The minimum absolute atomic E-state index is 0.805. The number of hydrogen-bond acceptors (Lipinski definition) is 0. The highest BCUT2D eigenvalue weighted by Gasteiger charge is 2.02. The first-order chi connectivity index (χ1) is 7.26. The van der Waals surface area contributed by atoms with Crippen LogP contribution in [0.25, 0.3) is 6.08 Å². The second-order valence-corrected chi connectivity index (χ2v) is 4.28. The predicted octanol–water partition coefficient (Wildman–Crippen LogP) is 4.92. The lowest BCUT2D eigenvalue weighted by molar-refractivity contribution is 0.552. The van der Waals surface area contributed by atoms with E-state index in [1.54, 1.807) is 5.57 Å². The summed E-state index contributed by atoms with van der Waals surface area (Å²) in [5.41, 5.74) is 2.90. The Morgan fingerprint density at radius 1 is 1.20 bits per heavy atom. The zero-order chi connectivity index (χ0) is 11.1. The van der Waals surface area contributed by atoms with Crippen molar-refractivity contribution in [3.63, 3.8) is 0 Å². The van der Waals surface area contributed by atoms with Crippen molar-refractivity contribution in [2.45, 2.75) is 40.0 Å². The summed E-state index contributed by atoms with van der Waals surface area (Å²) in [7, 11) is 0. The molecule has 0 aliphatic carbocycles. The fourth-order valence-electron chi connectivity index (χ4n) is 1.68. The SMILES string of the molecule is CCC(=Cc1ccccc1)CC(C)CC. The van der Waals surface area contributed by atoms with Crippen LogP contribution >= 0.6 is 0 Å². The first-order valence-electron chi connectivity index (χ1n) is 6.00. The van der Waals surface area contributed by atoms with Crippen LogP contribution in [0.1, 0.15) is 45.6 Å². The van der Waals surface area contributed by atoms with Crippen LogP contribution in [0, 0.1) is 5.92 Å². The van der Waals surface area contributed by atoms with E-state index in [2.05, 4.69) is 57.2 Å². The van der Waals surface area contributed by atoms with Crippen LogP contribution in [0.5, 0.6) is 0 Å². The molecule has 0 bridgehead atoms. The van der Waals surface area contributed by atoms with Crippen LogP contribution in [0.4, 0.5) is 0 Å². The summed E-state index contributed by atoms with van der Waals surface area (Å²) < 4.78 is 0. The molecule has 0 N–H and O–H groups in total. The van der Waals surface area contributed by atoms with Gasteiger partial charge in [-0.2, -0.15) is 0 Å². The maximum atomic E-state index is 2.34. The molecular formula is C15H22. The smallest absolute Gasteiger partial charge is 0.0257 e. The molecule has 1 aromatic rings. The maximum absolute atomic E-state index is 2.34. The van der Waals surface area contributed by atoms with Crippen LogP contribution in [0.3, 0.4) is 0 Å². The molecular weight excluding hydrogens is 180 g/mol. The summed E-state index contributed by atoms with van der Waals surface area (Å²) >= 11 is 0. The Hall–Kier alpha value is -1.04. The molecule has 1 aromatic carbocycles. The zero-order valence-corrected chi connectivity index (χ0v) is 10.2. The zero-order valence-electron chi connectivity index (χ0n) is 10.2. The Morgan fingerprint density at radius 2 is 1.87 bits per heavy atom. The first-order valence-corrected chi connectivity index (χ1v) is 6.00. The Labute approximate surface area is 94.0 Å². The van der Waals surface area contributed by atoms with E-state index in [1.165, 1.54) is 24.8 Å². The highest BCUT2D eigenvalue weighted by molar-refractivity contribution is 5.52. The fourth-order valence-corrected chi connectivity index (χ4v) is 1.68. The van der Waals surface area contributed by atoms with Crippen LogP contribution in [0.15, 0.2) is 35.9 Å². The quantitative estimate of drug-likeness (QED) is 0.636. The molecule has 82 valence electrons. The minimum Gasteiger partial charge on any atom is -0.0696 e. The minimum atomic E-state index is 0.805. The van der Waals surface area contributed by atoms with Crippen molar-refractivity contribution in [1.82, 2.24) is 0 Å². The second kappa shape index (κ2) is 6.44. The standard InChI is InChI=1S/C15H22/c1-4-13(3)11-14(5-2)12-15-9-7-6-8-10-15/h6-10,12-13H,4-5,11H2,1-3H3. The van der Waals surface area contributed by atoms with Gasteiger partial charge in [-0.25, -0.2) is 0 Å². The third-order valence-electron chi connectivity index (χ3n) is 2.93. The molecule has 15 heavy (non-hydrogen) atoms. The van der Waals surface area contributed by atoms with Crippen LogP contribution in [-0.4, -0.2) is 0 Å². The lowest BCUT2D eigenvalue weighted by Crippen LogP contribution is -1.94. The Balaban J connectivity index is 2.70. The average molecular weight is 202 g/mol. The summed E-state index contributed by atoms with van der Waals surface area (Å²) in [5.74, 6) is 0.805. The van der Waals surface area contributed by atoms with Gasteiger partial charge in [0.15, 0.2) is 0 Å². The molecule has 0 heterocycles. The van der Waals surface area contributed by atoms with Crippen molar-refractivity contribution >= 4 is 6.08 Å². The summed E-state index contributed by atoms with van der Waals surface area (Å²) in [4.78, 5) is 0. The van der Waals surface area contributed by atoms with E-state index < -0.39 is 0 Å². The van der Waals surface area contributed by atoms with Gasteiger partial charge in [0.25, 0.3) is 0 Å². The third-order valence-corrected chi connectivity index (χ3v) is 2.93. The van der Waals surface area contributed by atoms with Gasteiger partial charge in [0, 0.05) is 0 Å². The monoisotopic (exact) mass is 202 g/mol. The van der Waals surface area contributed by atoms with Gasteiger partial charge in [-0.05, 0) is 24.3 Å². The van der Waals surface area contributed by atoms with E-state index in [9.17, 15) is 0 Å². The van der Waals surface area contributed by atoms with E-state index in [0.717, 1.165) is 5.92 Å². The molecule has 0 aliphatic heterocycles. The Bertz CT molecular complexity index is 295. The number of benzene rings is 1. The van der Waals surface area contributed by atoms with Crippen molar-refractivity contribution in [3.8, 4) is 0 Å². The molecule has 1 atom stereocenters. The van der Waals surface area contributed by atoms with Crippen molar-refractivity contribution in [3.05, 3.63) is 41.5 Å². The van der Waals surface area contributed by atoms with Crippen molar-refractivity contribution in [2.75, 3.05) is 0 Å². The van der Waals surface area contributed by atoms with E-state index in [4.69, 9.17) is 0 Å². The largest absolute Gasteiger partial charge is 0.0696 e. The van der Waals surface area contributed by atoms with Crippen LogP contribution < -0.4 is 0 Å². The first kappa shape index (κ1) is 12.0. The molecule has 0 amide bonds. The molecule has 0 fully saturated rings. The summed E-state index contributed by atoms with van der Waals surface area (Å²) in [6.07, 6.45) is 6.01. The van der Waals surface area contributed by atoms with Crippen molar-refractivity contribution in [1.29, 1.82) is 0 Å². The highest BCUT2D eigenvalue weighted by Crippen LogP contribution is 2.19. The van der Waals surface area contributed by atoms with Crippen LogP contribution in [0.2, 0.25) is 0 Å². The molecule has 0 aliphatic rings. The van der Waals surface area contributed by atoms with Gasteiger partial charge in [-0.15, -0.1) is 0 Å². The summed E-state index contributed by atoms with van der Waals surface area (Å²) in [6, 6.07) is 10.6. The summed E-state index contributed by atoms with van der Waals surface area (Å²) in [5, 5.41) is 0. The average Bonchev–Trinajstić information content (AvgIpc) is 2.29. The van der Waals surface area contributed by atoms with Gasteiger partial charge < -0.3 is 0 Å². The lowest BCUT2D eigenvalue weighted by Gasteiger charge is -2.10. The number of hydrogen-bond donors (Lipinski definition) is 0. The highest BCUT2D eigenvalue weighted by atomic mass is 14.1. The van der Waals surface area contributed by atoms with Gasteiger partial charge in [-0.3, -0.25) is 0 Å². The number of rotatable bonds is 5. The predicted molar refractivity (Wildman–Crippen MR) is 68.8 cm³/mol. The molecule has 0 heteroatoms. The van der Waals surface area contributed by atoms with Gasteiger partial charge in [-0.1, -0.05) is 69.2 Å². The van der Waals surface area contributed by atoms with E-state index in [-0.39, 0.29) is 0 Å². The lowest BCUT2D eigenvalue weighted by atomic mass is 9.96. The van der Waals surface area contributed by atoms with Crippen molar-refractivity contribution in [2.24, 2.45) is 5.92 Å². The van der Waals surface area contributed by atoms with Gasteiger partial charge in [0.2, 0.25) is 0 Å². The Morgan fingerprint density at radius 3 is 2.40 bits per heavy atom. The normalized spacial score (nSPS) is 13.9. The third kappa shape index (κ3) is 4.33. The van der Waals surface area contributed by atoms with Gasteiger partial charge >= 0.3 is 0 Å². The molecule has 0 radical (unpaired) electrons. The summed E-state index contributed by atoms with van der Waals surface area (Å²) in [6.45, 7) is 6.84. The molecule has 1 rings (SSSR count). The molecule has 0 nitrogen and oxygen atoms in total. The van der Waals surface area contributed by atoms with E-state index in [0.29, 0.717) is 0 Å². The van der Waals surface area contributed by atoms with Crippen molar-refractivity contribution < 1.29 is 0 Å². The second-order valence-electron chi connectivity index (χ2n) is 4.28.